The molecule has 0 rings (SSSR count). The zero-order chi connectivity index (χ0) is 6.73. The highest BCUT2D eigenvalue weighted by atomic mass is 32.1. The molecule has 0 heterocycles. The minimum Gasteiger partial charge on any atom is -0.300 e. The largest absolute Gasteiger partial charge is 0.300 e. The molecule has 2 heteroatoms. The van der Waals surface area contributed by atoms with E-state index in [1.165, 1.54) is 0 Å². The molecule has 48 valence electrons. The third-order valence-corrected chi connectivity index (χ3v) is 1.81. The molecule has 0 saturated heterocycles. The van der Waals surface area contributed by atoms with E-state index in [1.54, 1.807) is 6.92 Å². The zero-order valence-electron chi connectivity index (χ0n) is 5.51. The second kappa shape index (κ2) is 3.13. The van der Waals surface area contributed by atoms with Gasteiger partial charge in [-0.3, -0.25) is 4.79 Å². The molecule has 8 heavy (non-hydrogen) atoms. The van der Waals surface area contributed by atoms with E-state index >= 15 is 0 Å². The Morgan fingerprint density at radius 3 is 1.88 bits per heavy atom. The maximum absolute atomic E-state index is 10.5. The van der Waals surface area contributed by atoms with E-state index < -0.39 is 0 Å². The van der Waals surface area contributed by atoms with Gasteiger partial charge in [-0.25, -0.2) is 0 Å². The van der Waals surface area contributed by atoms with Crippen LogP contribution in [0.1, 0.15) is 20.8 Å². The molecule has 0 bridgehead atoms. The highest BCUT2D eigenvalue weighted by molar-refractivity contribution is 7.81. The van der Waals surface area contributed by atoms with Crippen molar-refractivity contribution in [1.82, 2.24) is 0 Å². The third kappa shape index (κ3) is 2.36. The molecular formula is C6H12OS. The Labute approximate surface area is 55.9 Å². The lowest BCUT2D eigenvalue weighted by atomic mass is 10.1. The summed E-state index contributed by atoms with van der Waals surface area (Å²) in [7, 11) is 0. The number of thiol groups is 1. The average molecular weight is 132 g/mol. The molecule has 0 saturated carbocycles. The van der Waals surface area contributed by atoms with Crippen LogP contribution in [0.15, 0.2) is 0 Å². The predicted octanol–water partition coefficient (Wildman–Crippen LogP) is 1.53. The summed E-state index contributed by atoms with van der Waals surface area (Å²) in [4.78, 5) is 10.5. The Hall–Kier alpha value is 0.0200. The van der Waals surface area contributed by atoms with E-state index in [-0.39, 0.29) is 17.0 Å². The maximum Gasteiger partial charge on any atom is 0.133 e. The number of ketones is 1. The monoisotopic (exact) mass is 132 g/mol. The molecule has 0 fully saturated rings. The Balaban J connectivity index is 3.64. The summed E-state index contributed by atoms with van der Waals surface area (Å²) >= 11 is 4.11. The van der Waals surface area contributed by atoms with Crippen LogP contribution in [-0.4, -0.2) is 11.0 Å². The van der Waals surface area contributed by atoms with Gasteiger partial charge < -0.3 is 0 Å². The van der Waals surface area contributed by atoms with Crippen molar-refractivity contribution in [2.75, 3.05) is 0 Å². The molecule has 2 unspecified atom stereocenters. The van der Waals surface area contributed by atoms with Crippen molar-refractivity contribution >= 4 is 18.4 Å². The maximum atomic E-state index is 10.5. The fraction of sp³-hybridized carbons (Fsp3) is 0.833. The summed E-state index contributed by atoms with van der Waals surface area (Å²) in [6.07, 6.45) is 0. The van der Waals surface area contributed by atoms with Crippen molar-refractivity contribution in [3.63, 3.8) is 0 Å². The fourth-order valence-electron chi connectivity index (χ4n) is 0.340. The van der Waals surface area contributed by atoms with Crippen LogP contribution in [0.3, 0.4) is 0 Å². The number of Topliss-reactive ketones (excluding diaryl/α,β-unsaturated/α-hetero) is 1. The van der Waals surface area contributed by atoms with Crippen LogP contribution in [0.5, 0.6) is 0 Å². The summed E-state index contributed by atoms with van der Waals surface area (Å²) in [5, 5.41) is 0.187. The smallest absolute Gasteiger partial charge is 0.133 e. The first-order valence-corrected chi connectivity index (χ1v) is 3.26. The van der Waals surface area contributed by atoms with Gasteiger partial charge in [0.1, 0.15) is 5.78 Å². The summed E-state index contributed by atoms with van der Waals surface area (Å²) in [5.41, 5.74) is 0. The SMILES string of the molecule is CC(=O)C(C)C(C)S. The second-order valence-electron chi connectivity index (χ2n) is 2.14. The van der Waals surface area contributed by atoms with Gasteiger partial charge in [0, 0.05) is 11.2 Å². The highest BCUT2D eigenvalue weighted by Gasteiger charge is 2.11. The molecule has 0 aromatic heterocycles. The van der Waals surface area contributed by atoms with Gasteiger partial charge in [-0.05, 0) is 6.92 Å². The van der Waals surface area contributed by atoms with Crippen LogP contribution in [-0.2, 0) is 4.79 Å². The Morgan fingerprint density at radius 1 is 1.50 bits per heavy atom. The lowest BCUT2D eigenvalue weighted by Crippen LogP contribution is -2.15. The Bertz CT molecular complexity index is 88.5. The van der Waals surface area contributed by atoms with Gasteiger partial charge in [0.05, 0.1) is 0 Å². The standard InChI is InChI=1S/C6H12OS/c1-4(5(2)7)6(3)8/h4,6,8H,1-3H3. The van der Waals surface area contributed by atoms with E-state index in [0.29, 0.717) is 0 Å². The molecule has 0 aliphatic heterocycles. The molecule has 0 aliphatic rings. The van der Waals surface area contributed by atoms with E-state index in [4.69, 9.17) is 0 Å². The van der Waals surface area contributed by atoms with E-state index in [1.807, 2.05) is 13.8 Å². The molecule has 0 N–H and O–H groups in total. The first-order chi connectivity index (χ1) is 3.55. The highest BCUT2D eigenvalue weighted by Crippen LogP contribution is 2.08. The quantitative estimate of drug-likeness (QED) is 0.564. The van der Waals surface area contributed by atoms with E-state index in [2.05, 4.69) is 12.6 Å². The van der Waals surface area contributed by atoms with Crippen LogP contribution in [0.2, 0.25) is 0 Å². The minimum atomic E-state index is 0.0957. The minimum absolute atomic E-state index is 0.0957. The number of hydrogen-bond acceptors (Lipinski definition) is 2. The zero-order valence-corrected chi connectivity index (χ0v) is 6.40. The van der Waals surface area contributed by atoms with E-state index in [9.17, 15) is 4.79 Å². The lowest BCUT2D eigenvalue weighted by molar-refractivity contribution is -0.120. The molecular weight excluding hydrogens is 120 g/mol. The van der Waals surface area contributed by atoms with Gasteiger partial charge in [0.25, 0.3) is 0 Å². The van der Waals surface area contributed by atoms with Crippen LogP contribution in [0.25, 0.3) is 0 Å². The van der Waals surface area contributed by atoms with Crippen molar-refractivity contribution < 1.29 is 4.79 Å². The second-order valence-corrected chi connectivity index (χ2v) is 2.95. The molecule has 0 aromatic rings. The van der Waals surface area contributed by atoms with Gasteiger partial charge in [0.15, 0.2) is 0 Å². The summed E-state index contributed by atoms with van der Waals surface area (Å²) in [5.74, 6) is 0.311. The molecule has 0 aliphatic carbocycles. The van der Waals surface area contributed by atoms with Crippen LogP contribution < -0.4 is 0 Å². The predicted molar refractivity (Wildman–Crippen MR) is 38.3 cm³/mol. The van der Waals surface area contributed by atoms with Gasteiger partial charge in [0.2, 0.25) is 0 Å². The number of hydrogen-bond donors (Lipinski definition) is 1. The van der Waals surface area contributed by atoms with Gasteiger partial charge in [-0.2, -0.15) is 12.6 Å². The molecule has 0 radical (unpaired) electrons. The van der Waals surface area contributed by atoms with Crippen molar-refractivity contribution in [3.8, 4) is 0 Å². The topological polar surface area (TPSA) is 17.1 Å². The summed E-state index contributed by atoms with van der Waals surface area (Å²) in [6.45, 7) is 5.41. The Kier molecular flexibility index (Phi) is 3.13. The van der Waals surface area contributed by atoms with E-state index in [0.717, 1.165) is 0 Å². The van der Waals surface area contributed by atoms with Crippen molar-refractivity contribution in [1.29, 1.82) is 0 Å². The molecule has 2 atom stereocenters. The number of rotatable bonds is 2. The van der Waals surface area contributed by atoms with Crippen LogP contribution in [0, 0.1) is 5.92 Å². The lowest BCUT2D eigenvalue weighted by Gasteiger charge is -2.08. The molecule has 0 amide bonds. The molecule has 1 nitrogen and oxygen atoms in total. The van der Waals surface area contributed by atoms with Crippen molar-refractivity contribution in [2.24, 2.45) is 5.92 Å². The van der Waals surface area contributed by atoms with Crippen molar-refractivity contribution in [2.45, 2.75) is 26.0 Å². The van der Waals surface area contributed by atoms with Gasteiger partial charge in [-0.15, -0.1) is 0 Å². The third-order valence-electron chi connectivity index (χ3n) is 1.36. The normalized spacial score (nSPS) is 17.5. The molecule has 0 spiro atoms. The van der Waals surface area contributed by atoms with Gasteiger partial charge >= 0.3 is 0 Å². The fourth-order valence-corrected chi connectivity index (χ4v) is 0.550. The van der Waals surface area contributed by atoms with Crippen LogP contribution in [0.4, 0.5) is 0 Å². The average Bonchev–Trinajstić information content (AvgIpc) is 1.64. The Morgan fingerprint density at radius 2 is 1.88 bits per heavy atom. The first-order valence-electron chi connectivity index (χ1n) is 2.74. The van der Waals surface area contributed by atoms with Crippen LogP contribution >= 0.6 is 12.6 Å². The summed E-state index contributed by atoms with van der Waals surface area (Å²) in [6, 6.07) is 0. The number of carbonyl (C=O) groups excluding carboxylic acids is 1. The number of carbonyl (C=O) groups is 1. The van der Waals surface area contributed by atoms with Gasteiger partial charge in [-0.1, -0.05) is 13.8 Å². The van der Waals surface area contributed by atoms with Crippen molar-refractivity contribution in [3.05, 3.63) is 0 Å². The molecule has 0 aromatic carbocycles. The summed E-state index contributed by atoms with van der Waals surface area (Å²) < 4.78 is 0. The first kappa shape index (κ1) is 8.02.